The topological polar surface area (TPSA) is 59.0 Å². The Morgan fingerprint density at radius 1 is 1.67 bits per heavy atom. The van der Waals surface area contributed by atoms with Crippen molar-refractivity contribution in [2.24, 2.45) is 13.0 Å². The molecule has 0 spiro atoms. The van der Waals surface area contributed by atoms with Gasteiger partial charge in [0, 0.05) is 32.9 Å². The van der Waals surface area contributed by atoms with E-state index in [1.165, 1.54) is 0 Å². The van der Waals surface area contributed by atoms with Crippen LogP contribution < -0.4 is 10.6 Å². The second kappa shape index (κ2) is 6.00. The highest BCUT2D eigenvalue weighted by atomic mass is 16.2. The van der Waals surface area contributed by atoms with Crippen molar-refractivity contribution >= 4 is 5.91 Å². The molecule has 5 nitrogen and oxygen atoms in total. The zero-order chi connectivity index (χ0) is 13.0. The molecule has 1 saturated heterocycles. The van der Waals surface area contributed by atoms with Crippen LogP contribution in [0.2, 0.25) is 0 Å². The number of amides is 1. The van der Waals surface area contributed by atoms with Crippen LogP contribution in [0.4, 0.5) is 0 Å². The van der Waals surface area contributed by atoms with Crippen molar-refractivity contribution in [3.8, 4) is 0 Å². The molecule has 1 aliphatic heterocycles. The average Bonchev–Trinajstić information content (AvgIpc) is 2.81. The Morgan fingerprint density at radius 2 is 2.50 bits per heavy atom. The van der Waals surface area contributed by atoms with E-state index in [1.54, 1.807) is 7.05 Å². The number of hydrogen-bond acceptors (Lipinski definition) is 3. The van der Waals surface area contributed by atoms with E-state index >= 15 is 0 Å². The van der Waals surface area contributed by atoms with Gasteiger partial charge < -0.3 is 15.2 Å². The van der Waals surface area contributed by atoms with Crippen LogP contribution in [0.3, 0.4) is 0 Å². The number of carbonyl (C=O) groups is 1. The quantitative estimate of drug-likeness (QED) is 0.816. The second-order valence-electron chi connectivity index (χ2n) is 5.00. The summed E-state index contributed by atoms with van der Waals surface area (Å²) in [4.78, 5) is 15.9. The summed E-state index contributed by atoms with van der Waals surface area (Å²) in [6, 6.07) is -0.0184. The molecule has 2 atom stereocenters. The smallest absolute Gasteiger partial charge is 0.236 e. The molecule has 1 amide bonds. The minimum atomic E-state index is -0.0184. The maximum atomic E-state index is 11.6. The normalized spacial score (nSPS) is 23.9. The standard InChI is InChI=1S/C13H22N4O/c1-14-13(18)11-9-10(5-6-15-11)3-4-12-16-7-8-17(12)2/h7-8,10-11,15H,3-6,9H2,1-2H3,(H,14,18). The van der Waals surface area contributed by atoms with Gasteiger partial charge in [0.05, 0.1) is 6.04 Å². The van der Waals surface area contributed by atoms with Gasteiger partial charge in [-0.05, 0) is 31.7 Å². The minimum absolute atomic E-state index is 0.0184. The van der Waals surface area contributed by atoms with Crippen LogP contribution >= 0.6 is 0 Å². The van der Waals surface area contributed by atoms with Crippen molar-refractivity contribution in [1.82, 2.24) is 20.2 Å². The number of hydrogen-bond donors (Lipinski definition) is 2. The van der Waals surface area contributed by atoms with Gasteiger partial charge in [-0.1, -0.05) is 0 Å². The molecule has 2 heterocycles. The van der Waals surface area contributed by atoms with Gasteiger partial charge in [-0.15, -0.1) is 0 Å². The third-order valence-electron chi connectivity index (χ3n) is 3.77. The van der Waals surface area contributed by atoms with Crippen molar-refractivity contribution < 1.29 is 4.79 Å². The van der Waals surface area contributed by atoms with E-state index in [2.05, 4.69) is 20.2 Å². The highest BCUT2D eigenvalue weighted by Gasteiger charge is 2.25. The molecule has 0 aromatic carbocycles. The molecule has 1 aromatic heterocycles. The van der Waals surface area contributed by atoms with Gasteiger partial charge in [-0.3, -0.25) is 4.79 Å². The van der Waals surface area contributed by atoms with E-state index in [9.17, 15) is 4.79 Å². The predicted molar refractivity (Wildman–Crippen MR) is 70.1 cm³/mol. The third-order valence-corrected chi connectivity index (χ3v) is 3.77. The number of aryl methyl sites for hydroxylation is 2. The maximum Gasteiger partial charge on any atom is 0.236 e. The summed E-state index contributed by atoms with van der Waals surface area (Å²) in [6.45, 7) is 0.934. The summed E-state index contributed by atoms with van der Waals surface area (Å²) >= 11 is 0. The van der Waals surface area contributed by atoms with E-state index in [0.29, 0.717) is 5.92 Å². The minimum Gasteiger partial charge on any atom is -0.358 e. The molecule has 5 heteroatoms. The molecule has 0 bridgehead atoms. The highest BCUT2D eigenvalue weighted by molar-refractivity contribution is 5.81. The first-order chi connectivity index (χ1) is 8.70. The number of nitrogens with one attached hydrogen (secondary N) is 2. The summed E-state index contributed by atoms with van der Waals surface area (Å²) in [5, 5.41) is 5.99. The molecule has 100 valence electrons. The first kappa shape index (κ1) is 13.1. The Labute approximate surface area is 108 Å². The molecule has 2 unspecified atom stereocenters. The third kappa shape index (κ3) is 3.10. The van der Waals surface area contributed by atoms with Crippen LogP contribution in [0.25, 0.3) is 0 Å². The van der Waals surface area contributed by atoms with E-state index in [4.69, 9.17) is 0 Å². The molecular weight excluding hydrogens is 228 g/mol. The lowest BCUT2D eigenvalue weighted by Gasteiger charge is -2.29. The van der Waals surface area contributed by atoms with Gasteiger partial charge in [0.15, 0.2) is 0 Å². The van der Waals surface area contributed by atoms with E-state index in [-0.39, 0.29) is 11.9 Å². The lowest BCUT2D eigenvalue weighted by molar-refractivity contribution is -0.123. The lowest BCUT2D eigenvalue weighted by Crippen LogP contribution is -2.47. The predicted octanol–water partition coefficient (Wildman–Crippen LogP) is 0.467. The summed E-state index contributed by atoms with van der Waals surface area (Å²) in [5.41, 5.74) is 0. The Kier molecular flexibility index (Phi) is 4.36. The van der Waals surface area contributed by atoms with Crippen LogP contribution in [0.5, 0.6) is 0 Å². The monoisotopic (exact) mass is 250 g/mol. The van der Waals surface area contributed by atoms with Crippen molar-refractivity contribution in [1.29, 1.82) is 0 Å². The average molecular weight is 250 g/mol. The summed E-state index contributed by atoms with van der Waals surface area (Å²) in [5.74, 6) is 1.85. The van der Waals surface area contributed by atoms with E-state index < -0.39 is 0 Å². The summed E-state index contributed by atoms with van der Waals surface area (Å²) in [6.07, 6.45) is 8.01. The molecule has 1 fully saturated rings. The first-order valence-corrected chi connectivity index (χ1v) is 6.62. The van der Waals surface area contributed by atoms with E-state index in [0.717, 1.165) is 38.1 Å². The van der Waals surface area contributed by atoms with E-state index in [1.807, 2.05) is 19.4 Å². The molecule has 1 aromatic rings. The Hall–Kier alpha value is -1.36. The summed E-state index contributed by atoms with van der Waals surface area (Å²) < 4.78 is 2.07. The molecule has 1 aliphatic rings. The van der Waals surface area contributed by atoms with Crippen LogP contribution in [0.15, 0.2) is 12.4 Å². The number of carbonyl (C=O) groups excluding carboxylic acids is 1. The molecule has 0 saturated carbocycles. The van der Waals surface area contributed by atoms with Crippen LogP contribution in [0, 0.1) is 5.92 Å². The van der Waals surface area contributed by atoms with Gasteiger partial charge in [0.1, 0.15) is 5.82 Å². The molecule has 0 aliphatic carbocycles. The lowest BCUT2D eigenvalue weighted by atomic mass is 9.88. The number of piperidine rings is 1. The van der Waals surface area contributed by atoms with Crippen LogP contribution in [0.1, 0.15) is 25.1 Å². The van der Waals surface area contributed by atoms with Crippen LogP contribution in [-0.2, 0) is 18.3 Å². The van der Waals surface area contributed by atoms with Crippen molar-refractivity contribution in [2.45, 2.75) is 31.7 Å². The number of nitrogens with zero attached hydrogens (tertiary/aromatic N) is 2. The fourth-order valence-electron chi connectivity index (χ4n) is 2.60. The van der Waals surface area contributed by atoms with Crippen molar-refractivity contribution in [3.05, 3.63) is 18.2 Å². The first-order valence-electron chi connectivity index (χ1n) is 6.62. The number of aromatic nitrogens is 2. The zero-order valence-electron chi connectivity index (χ0n) is 11.1. The number of imidazole rings is 1. The molecule has 2 rings (SSSR count). The molecule has 18 heavy (non-hydrogen) atoms. The van der Waals surface area contributed by atoms with Gasteiger partial charge in [0.2, 0.25) is 5.91 Å². The Bertz CT molecular complexity index is 401. The van der Waals surface area contributed by atoms with Gasteiger partial charge in [-0.25, -0.2) is 4.98 Å². The van der Waals surface area contributed by atoms with Crippen LogP contribution in [-0.4, -0.2) is 35.1 Å². The van der Waals surface area contributed by atoms with Gasteiger partial charge in [-0.2, -0.15) is 0 Å². The van der Waals surface area contributed by atoms with Gasteiger partial charge >= 0.3 is 0 Å². The zero-order valence-corrected chi connectivity index (χ0v) is 11.1. The Morgan fingerprint density at radius 3 is 3.17 bits per heavy atom. The summed E-state index contributed by atoms with van der Waals surface area (Å²) in [7, 11) is 3.72. The Balaban J connectivity index is 1.83. The molecule has 0 radical (unpaired) electrons. The fraction of sp³-hybridized carbons (Fsp3) is 0.692. The number of rotatable bonds is 4. The maximum absolute atomic E-state index is 11.6. The second-order valence-corrected chi connectivity index (χ2v) is 5.00. The highest BCUT2D eigenvalue weighted by Crippen LogP contribution is 2.21. The number of likely N-dealkylation sites (N-methyl/N-ethyl adjacent to an activating group) is 1. The largest absolute Gasteiger partial charge is 0.358 e. The molecular formula is C13H22N4O. The van der Waals surface area contributed by atoms with Crippen molar-refractivity contribution in [2.75, 3.05) is 13.6 Å². The van der Waals surface area contributed by atoms with Crippen molar-refractivity contribution in [3.63, 3.8) is 0 Å². The fourth-order valence-corrected chi connectivity index (χ4v) is 2.60. The van der Waals surface area contributed by atoms with Gasteiger partial charge in [0.25, 0.3) is 0 Å². The SMILES string of the molecule is CNC(=O)C1CC(CCc2nccn2C)CCN1. The molecule has 2 N–H and O–H groups in total.